The number of aromatic hydroxyl groups is 1. The number of Topliss-reactive ketones (excluding diaryl/α,β-unsaturated/α-hetero) is 2. The molecule has 2 aromatic rings. The number of phenolic OH excluding ortho intramolecular Hbond substituents is 1. The van der Waals surface area contributed by atoms with Gasteiger partial charge in [-0.05, 0) is 47.4 Å². The lowest BCUT2D eigenvalue weighted by Crippen LogP contribution is -2.58. The molecule has 39 heavy (non-hydrogen) atoms. The molecule has 206 valence electrons. The van der Waals surface area contributed by atoms with Gasteiger partial charge in [-0.15, -0.1) is 0 Å². The van der Waals surface area contributed by atoms with E-state index >= 15 is 0 Å². The Kier molecular flexibility index (Phi) is 6.23. The smallest absolute Gasteiger partial charge is 0.255 e. The summed E-state index contributed by atoms with van der Waals surface area (Å²) in [6.45, 7) is 7.14. The normalized spacial score (nSPS) is 24.9. The van der Waals surface area contributed by atoms with Crippen LogP contribution in [0.25, 0.3) is 16.9 Å². The zero-order valence-electron chi connectivity index (χ0n) is 22.0. The maximum atomic E-state index is 13.8. The van der Waals surface area contributed by atoms with Crippen LogP contribution in [-0.4, -0.2) is 50.0 Å². The van der Waals surface area contributed by atoms with Crippen molar-refractivity contribution in [1.82, 2.24) is 5.32 Å². The molecule has 3 atom stereocenters. The van der Waals surface area contributed by atoms with Crippen LogP contribution >= 0.6 is 0 Å². The Hall–Kier alpha value is -3.89. The highest BCUT2D eigenvalue weighted by molar-refractivity contribution is 6.22. The molecule has 0 unspecified atom stereocenters. The minimum Gasteiger partial charge on any atom is -0.508 e. The number of aliphatic hydroxyl groups is 3. The predicted octanol–water partition coefficient (Wildman–Crippen LogP) is 2.82. The largest absolute Gasteiger partial charge is 0.508 e. The van der Waals surface area contributed by atoms with E-state index in [0.717, 1.165) is 5.56 Å². The highest BCUT2D eigenvalue weighted by Gasteiger charge is 2.60. The van der Waals surface area contributed by atoms with Gasteiger partial charge in [0.05, 0.1) is 18.1 Å². The molecule has 5 rings (SSSR count). The van der Waals surface area contributed by atoms with E-state index in [1.54, 1.807) is 12.3 Å². The Morgan fingerprint density at radius 2 is 1.92 bits per heavy atom. The minimum atomic E-state index is -2.59. The number of fused-ring (bicyclic) bond motifs is 3. The number of hydrogen-bond donors (Lipinski definition) is 6. The van der Waals surface area contributed by atoms with E-state index in [4.69, 9.17) is 10.2 Å². The van der Waals surface area contributed by atoms with Crippen molar-refractivity contribution < 1.29 is 39.2 Å². The molecule has 0 spiro atoms. The minimum absolute atomic E-state index is 0.0181. The number of amides is 1. The van der Waals surface area contributed by atoms with E-state index < -0.39 is 52.0 Å². The average molecular weight is 537 g/mol. The maximum absolute atomic E-state index is 13.8. The summed E-state index contributed by atoms with van der Waals surface area (Å²) in [5.41, 5.74) is 4.24. The summed E-state index contributed by atoms with van der Waals surface area (Å²) in [4.78, 5) is 38.2. The molecule has 0 aliphatic heterocycles. The van der Waals surface area contributed by atoms with Gasteiger partial charge in [0.2, 0.25) is 5.78 Å². The first-order valence-corrected chi connectivity index (χ1v) is 12.8. The van der Waals surface area contributed by atoms with E-state index in [-0.39, 0.29) is 48.1 Å². The number of rotatable bonds is 5. The van der Waals surface area contributed by atoms with Gasteiger partial charge in [0.15, 0.2) is 11.4 Å². The summed E-state index contributed by atoms with van der Waals surface area (Å²) in [5, 5.41) is 48.4. The van der Waals surface area contributed by atoms with E-state index in [0.29, 0.717) is 23.2 Å². The number of hydrogen-bond acceptors (Lipinski definition) is 9. The van der Waals surface area contributed by atoms with Crippen LogP contribution in [0, 0.1) is 17.3 Å². The number of primary amides is 1. The molecule has 1 aromatic carbocycles. The molecule has 10 heteroatoms. The van der Waals surface area contributed by atoms with Crippen LogP contribution in [-0.2, 0) is 27.3 Å². The van der Waals surface area contributed by atoms with Gasteiger partial charge in [-0.25, -0.2) is 0 Å². The predicted molar refractivity (Wildman–Crippen MR) is 140 cm³/mol. The first-order valence-electron chi connectivity index (χ1n) is 12.8. The Morgan fingerprint density at radius 1 is 1.21 bits per heavy atom. The highest BCUT2D eigenvalue weighted by atomic mass is 16.3. The third kappa shape index (κ3) is 4.15. The summed E-state index contributed by atoms with van der Waals surface area (Å²) < 4.78 is 5.30. The molecule has 0 radical (unpaired) electrons. The zero-order valence-corrected chi connectivity index (χ0v) is 22.0. The average Bonchev–Trinajstić information content (AvgIpc) is 3.36. The van der Waals surface area contributed by atoms with Crippen molar-refractivity contribution in [1.29, 1.82) is 0 Å². The lowest BCUT2D eigenvalue weighted by molar-refractivity contribution is -0.147. The molecule has 1 fully saturated rings. The summed E-state index contributed by atoms with van der Waals surface area (Å²) in [6, 6.07) is 3.58. The molecule has 3 aliphatic carbocycles. The number of benzene rings is 1. The second-order valence-corrected chi connectivity index (χ2v) is 11.9. The summed E-state index contributed by atoms with van der Waals surface area (Å²) >= 11 is 0. The van der Waals surface area contributed by atoms with Gasteiger partial charge in [-0.3, -0.25) is 14.4 Å². The van der Waals surface area contributed by atoms with Gasteiger partial charge in [0, 0.05) is 42.1 Å². The molecule has 1 saturated carbocycles. The molecule has 0 bridgehead atoms. The van der Waals surface area contributed by atoms with Crippen molar-refractivity contribution in [2.45, 2.75) is 52.2 Å². The summed E-state index contributed by atoms with van der Waals surface area (Å²) in [7, 11) is 0. The molecular formula is C29H32N2O8. The van der Waals surface area contributed by atoms with Gasteiger partial charge in [-0.2, -0.15) is 0 Å². The van der Waals surface area contributed by atoms with Crippen molar-refractivity contribution in [3.05, 3.63) is 58.3 Å². The van der Waals surface area contributed by atoms with Crippen LogP contribution in [0.3, 0.4) is 0 Å². The van der Waals surface area contributed by atoms with Crippen LogP contribution in [0.1, 0.15) is 50.3 Å². The summed E-state index contributed by atoms with van der Waals surface area (Å²) in [5.74, 6) is -6.45. The van der Waals surface area contributed by atoms with Crippen molar-refractivity contribution >= 4 is 23.2 Å². The van der Waals surface area contributed by atoms with Crippen molar-refractivity contribution in [3.8, 4) is 16.9 Å². The fourth-order valence-corrected chi connectivity index (χ4v) is 6.13. The van der Waals surface area contributed by atoms with E-state index in [9.17, 15) is 34.8 Å². The Labute approximate surface area is 224 Å². The number of ketones is 2. The number of carbonyl (C=O) groups excluding carboxylic acids is 3. The SMILES string of the molecule is CC(C)(C)CNCc1cc(-c2ccoc2)c2c(c1O)C(O)=C1C(=O)[C@]3(O)C(O)=C(C(N)=O)C(=O)C[C@@H]3C[C@@H]1C2. The molecule has 1 amide bonds. The van der Waals surface area contributed by atoms with Crippen molar-refractivity contribution in [3.63, 3.8) is 0 Å². The van der Waals surface area contributed by atoms with Gasteiger partial charge in [0.25, 0.3) is 5.91 Å². The number of nitrogens with two attached hydrogens (primary N) is 1. The van der Waals surface area contributed by atoms with Gasteiger partial charge < -0.3 is 35.9 Å². The molecule has 0 saturated heterocycles. The lowest BCUT2D eigenvalue weighted by atomic mass is 9.59. The molecular weight excluding hydrogens is 504 g/mol. The quantitative estimate of drug-likeness (QED) is 0.313. The molecule has 3 aliphatic rings. The van der Waals surface area contributed by atoms with Crippen LogP contribution < -0.4 is 11.1 Å². The van der Waals surface area contributed by atoms with Gasteiger partial charge in [-0.1, -0.05) is 20.8 Å². The fraction of sp³-hybridized carbons (Fsp3) is 0.414. The Balaban J connectivity index is 1.67. The number of carbonyl (C=O) groups is 3. The molecule has 1 aromatic heterocycles. The second-order valence-electron chi connectivity index (χ2n) is 11.9. The monoisotopic (exact) mass is 536 g/mol. The Morgan fingerprint density at radius 3 is 2.54 bits per heavy atom. The van der Waals surface area contributed by atoms with Crippen molar-refractivity contribution in [2.75, 3.05) is 6.54 Å². The van der Waals surface area contributed by atoms with Crippen LogP contribution in [0.5, 0.6) is 5.75 Å². The topological polar surface area (TPSA) is 183 Å². The van der Waals surface area contributed by atoms with Gasteiger partial charge in [0.1, 0.15) is 22.8 Å². The summed E-state index contributed by atoms with van der Waals surface area (Å²) in [6.07, 6.45) is 3.00. The number of phenols is 1. The van der Waals surface area contributed by atoms with Crippen LogP contribution in [0.4, 0.5) is 0 Å². The number of aliphatic hydroxyl groups excluding tert-OH is 2. The Bertz CT molecular complexity index is 1460. The molecule has 10 nitrogen and oxygen atoms in total. The number of furan rings is 1. The molecule has 7 N–H and O–H groups in total. The lowest BCUT2D eigenvalue weighted by Gasteiger charge is -2.46. The molecule has 1 heterocycles. The first-order chi connectivity index (χ1) is 18.3. The van der Waals surface area contributed by atoms with E-state index in [1.807, 2.05) is 6.07 Å². The van der Waals surface area contributed by atoms with Gasteiger partial charge >= 0.3 is 0 Å². The van der Waals surface area contributed by atoms with E-state index in [2.05, 4.69) is 26.1 Å². The zero-order chi connectivity index (χ0) is 28.4. The highest BCUT2D eigenvalue weighted by Crippen LogP contribution is 2.53. The third-order valence-corrected chi connectivity index (χ3v) is 7.95. The maximum Gasteiger partial charge on any atom is 0.255 e. The first kappa shape index (κ1) is 26.7. The van der Waals surface area contributed by atoms with Crippen molar-refractivity contribution in [2.24, 2.45) is 23.0 Å². The standard InChI is InChI=1S/C29H32N2O8/c1-28(2,3)12-31-10-15-8-17(13-4-5-39-11-13)18-7-14-6-16-9-19(32)22(27(30)37)26(36)29(16,38)25(35)20(14)24(34)21(18)23(15)33/h4-5,8,11,14,16,31,33-34,36,38H,6-7,9-10,12H2,1-3H3,(H2,30,37)/t14-,16+,29+/m1/s1. The van der Waals surface area contributed by atoms with Crippen LogP contribution in [0.15, 0.2) is 46.0 Å². The fourth-order valence-electron chi connectivity index (χ4n) is 6.13. The number of nitrogens with one attached hydrogen (secondary N) is 1. The van der Waals surface area contributed by atoms with Crippen LogP contribution in [0.2, 0.25) is 0 Å². The second kappa shape index (κ2) is 9.10. The van der Waals surface area contributed by atoms with E-state index in [1.165, 1.54) is 6.26 Å². The third-order valence-electron chi connectivity index (χ3n) is 7.95.